The van der Waals surface area contributed by atoms with Crippen LogP contribution in [-0.2, 0) is 0 Å². The van der Waals surface area contributed by atoms with Crippen LogP contribution in [-0.4, -0.2) is 11.2 Å². The highest BCUT2D eigenvalue weighted by Crippen LogP contribution is 1.54. The van der Waals surface area contributed by atoms with E-state index >= 15 is 0 Å². The molecule has 0 aliphatic carbocycles. The SMILES string of the molecule is C=CNC(=O)O. The first-order valence-electron chi connectivity index (χ1n) is 1.37. The molecule has 0 aromatic heterocycles. The van der Waals surface area contributed by atoms with Crippen LogP contribution in [0.5, 0.6) is 0 Å². The Balaban J connectivity index is 3.05. The molecule has 3 nitrogen and oxygen atoms in total. The van der Waals surface area contributed by atoms with E-state index in [0.717, 1.165) is 6.20 Å². The minimum atomic E-state index is -1.08. The van der Waals surface area contributed by atoms with Crippen molar-refractivity contribution in [2.75, 3.05) is 0 Å². The maximum absolute atomic E-state index is 9.42. The zero-order valence-corrected chi connectivity index (χ0v) is 3.14. The van der Waals surface area contributed by atoms with Crippen LogP contribution in [0.4, 0.5) is 4.79 Å². The van der Waals surface area contributed by atoms with E-state index in [1.54, 1.807) is 0 Å². The molecular weight excluding hydrogens is 82.0 g/mol. The van der Waals surface area contributed by atoms with E-state index in [1.807, 2.05) is 5.32 Å². The largest absolute Gasteiger partial charge is 0.465 e. The van der Waals surface area contributed by atoms with Crippen molar-refractivity contribution in [3.8, 4) is 0 Å². The van der Waals surface area contributed by atoms with Gasteiger partial charge in [-0.2, -0.15) is 0 Å². The van der Waals surface area contributed by atoms with Gasteiger partial charge in [-0.1, -0.05) is 6.58 Å². The van der Waals surface area contributed by atoms with Gasteiger partial charge in [0.15, 0.2) is 0 Å². The second-order valence-corrected chi connectivity index (χ2v) is 0.654. The molecule has 0 rings (SSSR count). The van der Waals surface area contributed by atoms with Gasteiger partial charge in [0.1, 0.15) is 0 Å². The molecule has 3 heteroatoms. The van der Waals surface area contributed by atoms with Crippen molar-refractivity contribution >= 4 is 6.09 Å². The van der Waals surface area contributed by atoms with Gasteiger partial charge in [0.25, 0.3) is 0 Å². The van der Waals surface area contributed by atoms with Gasteiger partial charge in [0, 0.05) is 0 Å². The molecule has 34 valence electrons. The molecule has 0 aromatic carbocycles. The molecule has 0 saturated heterocycles. The molecule has 0 spiro atoms. The molecule has 1 amide bonds. The second-order valence-electron chi connectivity index (χ2n) is 0.654. The Labute approximate surface area is 35.3 Å². The fourth-order valence-electron chi connectivity index (χ4n) is 0.0873. The van der Waals surface area contributed by atoms with E-state index in [1.165, 1.54) is 0 Å². The van der Waals surface area contributed by atoms with Crippen LogP contribution >= 0.6 is 0 Å². The standard InChI is InChI=1S/C3H5NO2/c1-2-4-3(5)6/h2,4H,1H2,(H,5,6). The van der Waals surface area contributed by atoms with Crippen molar-refractivity contribution in [3.05, 3.63) is 12.8 Å². The predicted molar refractivity (Wildman–Crippen MR) is 21.4 cm³/mol. The summed E-state index contributed by atoms with van der Waals surface area (Å²) in [5.74, 6) is 0. The highest BCUT2D eigenvalue weighted by atomic mass is 16.4. The van der Waals surface area contributed by atoms with E-state index in [0.29, 0.717) is 0 Å². The fraction of sp³-hybridized carbons (Fsp3) is 0. The van der Waals surface area contributed by atoms with Crippen LogP contribution in [0, 0.1) is 0 Å². The number of hydrogen-bond acceptors (Lipinski definition) is 1. The lowest BCUT2D eigenvalue weighted by Gasteiger charge is -1.81. The van der Waals surface area contributed by atoms with Crippen molar-refractivity contribution in [2.45, 2.75) is 0 Å². The second kappa shape index (κ2) is 2.26. The molecule has 2 N–H and O–H groups in total. The normalized spacial score (nSPS) is 6.67. The molecule has 0 fully saturated rings. The summed E-state index contributed by atoms with van der Waals surface area (Å²) in [6.45, 7) is 3.11. The number of carbonyl (C=O) groups is 1. The van der Waals surface area contributed by atoms with Crippen LogP contribution in [0.15, 0.2) is 12.8 Å². The molecule has 0 aliphatic heterocycles. The Morgan fingerprint density at radius 2 is 2.50 bits per heavy atom. The van der Waals surface area contributed by atoms with Gasteiger partial charge >= 0.3 is 6.09 Å². The Bertz CT molecular complexity index is 69.2. The number of rotatable bonds is 1. The minimum Gasteiger partial charge on any atom is -0.465 e. The van der Waals surface area contributed by atoms with Crippen molar-refractivity contribution < 1.29 is 9.90 Å². The smallest absolute Gasteiger partial charge is 0.408 e. The van der Waals surface area contributed by atoms with Crippen LogP contribution < -0.4 is 5.32 Å². The summed E-state index contributed by atoms with van der Waals surface area (Å²) in [5.41, 5.74) is 0. The average molecular weight is 87.1 g/mol. The van der Waals surface area contributed by atoms with Gasteiger partial charge in [0.05, 0.1) is 0 Å². The zero-order valence-electron chi connectivity index (χ0n) is 3.14. The lowest BCUT2D eigenvalue weighted by Crippen LogP contribution is -2.11. The molecule has 0 heterocycles. The number of nitrogens with one attached hydrogen (secondary N) is 1. The summed E-state index contributed by atoms with van der Waals surface area (Å²) < 4.78 is 0. The van der Waals surface area contributed by atoms with Gasteiger partial charge in [-0.3, -0.25) is 5.32 Å². The van der Waals surface area contributed by atoms with Crippen LogP contribution in [0.1, 0.15) is 0 Å². The molecule has 0 saturated carbocycles. The van der Waals surface area contributed by atoms with Crippen LogP contribution in [0.25, 0.3) is 0 Å². The number of hydrogen-bond donors (Lipinski definition) is 2. The first kappa shape index (κ1) is 5.01. The van der Waals surface area contributed by atoms with E-state index in [9.17, 15) is 4.79 Å². The third kappa shape index (κ3) is 3.01. The molecule has 6 heavy (non-hydrogen) atoms. The van der Waals surface area contributed by atoms with Crippen molar-refractivity contribution in [1.82, 2.24) is 5.32 Å². The third-order valence-electron chi connectivity index (χ3n) is 0.226. The quantitative estimate of drug-likeness (QED) is 0.486. The Morgan fingerprint density at radius 1 is 2.00 bits per heavy atom. The summed E-state index contributed by atoms with van der Waals surface area (Å²) >= 11 is 0. The van der Waals surface area contributed by atoms with Crippen molar-refractivity contribution in [1.29, 1.82) is 0 Å². The number of amides is 1. The monoisotopic (exact) mass is 87.0 g/mol. The first-order valence-corrected chi connectivity index (χ1v) is 1.37. The first-order chi connectivity index (χ1) is 2.77. The third-order valence-corrected chi connectivity index (χ3v) is 0.226. The molecule has 0 bridgehead atoms. The van der Waals surface area contributed by atoms with E-state index in [-0.39, 0.29) is 0 Å². The van der Waals surface area contributed by atoms with E-state index in [2.05, 4.69) is 6.58 Å². The summed E-state index contributed by atoms with van der Waals surface area (Å²) in [7, 11) is 0. The Hall–Kier alpha value is -0.990. The van der Waals surface area contributed by atoms with Gasteiger partial charge < -0.3 is 5.11 Å². The van der Waals surface area contributed by atoms with Crippen LogP contribution in [0.3, 0.4) is 0 Å². The lowest BCUT2D eigenvalue weighted by molar-refractivity contribution is 0.198. The fourth-order valence-corrected chi connectivity index (χ4v) is 0.0873. The van der Waals surface area contributed by atoms with Gasteiger partial charge in [-0.25, -0.2) is 4.79 Å². The van der Waals surface area contributed by atoms with Crippen molar-refractivity contribution in [3.63, 3.8) is 0 Å². The van der Waals surface area contributed by atoms with Gasteiger partial charge in [0.2, 0.25) is 0 Å². The Morgan fingerprint density at radius 3 is 2.50 bits per heavy atom. The molecule has 0 radical (unpaired) electrons. The highest BCUT2D eigenvalue weighted by molar-refractivity contribution is 5.65. The summed E-state index contributed by atoms with van der Waals surface area (Å²) in [6, 6.07) is 0. The lowest BCUT2D eigenvalue weighted by atomic mass is 11.0. The summed E-state index contributed by atoms with van der Waals surface area (Å²) in [6.07, 6.45) is 0.0208. The molecule has 0 aliphatic rings. The summed E-state index contributed by atoms with van der Waals surface area (Å²) in [5, 5.41) is 9.62. The highest BCUT2D eigenvalue weighted by Gasteiger charge is 1.80. The van der Waals surface area contributed by atoms with Gasteiger partial charge in [-0.05, 0) is 6.20 Å². The maximum Gasteiger partial charge on any atom is 0.408 e. The minimum absolute atomic E-state index is 1.08. The van der Waals surface area contributed by atoms with E-state index in [4.69, 9.17) is 5.11 Å². The maximum atomic E-state index is 9.42. The summed E-state index contributed by atoms with van der Waals surface area (Å²) in [4.78, 5) is 9.42. The zero-order chi connectivity index (χ0) is 4.99. The van der Waals surface area contributed by atoms with E-state index < -0.39 is 6.09 Å². The molecule has 0 unspecified atom stereocenters. The predicted octanol–water partition coefficient (Wildman–Crippen LogP) is 0.398. The van der Waals surface area contributed by atoms with Crippen molar-refractivity contribution in [2.24, 2.45) is 0 Å². The molecule has 0 aromatic rings. The molecular formula is C3H5NO2. The average Bonchev–Trinajstić information content (AvgIpc) is 1.35. The topological polar surface area (TPSA) is 49.3 Å². The molecule has 0 atom stereocenters. The number of carboxylic acid groups (broad SMARTS) is 1. The van der Waals surface area contributed by atoms with Crippen LogP contribution in [0.2, 0.25) is 0 Å². The van der Waals surface area contributed by atoms with Gasteiger partial charge in [-0.15, -0.1) is 0 Å². The Kier molecular flexibility index (Phi) is 1.89.